The summed E-state index contributed by atoms with van der Waals surface area (Å²) in [6.45, 7) is 9.86. The molecule has 0 aliphatic carbocycles. The predicted octanol–water partition coefficient (Wildman–Crippen LogP) is 2.35. The van der Waals surface area contributed by atoms with E-state index in [1.807, 2.05) is 11.5 Å². The van der Waals surface area contributed by atoms with Crippen LogP contribution in [0, 0.1) is 0 Å². The summed E-state index contributed by atoms with van der Waals surface area (Å²) in [5.74, 6) is 0.705. The van der Waals surface area contributed by atoms with Crippen LogP contribution in [0.3, 0.4) is 0 Å². The molecule has 2 aromatic heterocycles. The van der Waals surface area contributed by atoms with Crippen LogP contribution >= 0.6 is 0 Å². The molecule has 0 aliphatic rings. The van der Waals surface area contributed by atoms with Gasteiger partial charge >= 0.3 is 0 Å². The van der Waals surface area contributed by atoms with Gasteiger partial charge in [0.05, 0.1) is 6.33 Å². The molecule has 5 nitrogen and oxygen atoms in total. The lowest BCUT2D eigenvalue weighted by atomic mass is 10.4. The Labute approximate surface area is 94.2 Å². The van der Waals surface area contributed by atoms with Crippen LogP contribution in [0.2, 0.25) is 0 Å². The molecule has 5 heteroatoms. The zero-order valence-electron chi connectivity index (χ0n) is 9.73. The third-order valence-electron chi connectivity index (χ3n) is 2.25. The van der Waals surface area contributed by atoms with Crippen LogP contribution in [0.1, 0.15) is 26.8 Å². The smallest absolute Gasteiger partial charge is 0.165 e. The van der Waals surface area contributed by atoms with E-state index in [-0.39, 0.29) is 0 Å². The number of nitrogens with one attached hydrogen (secondary N) is 1. The molecule has 2 aromatic rings. The standard InChI is InChI=1S/C11H15N5/c1-7(2)15-10-9-11(13-5-12-10)16(6-14-9)8(3)4/h5-6,8H,1H2,2-4H3,(H,12,13,15). The second kappa shape index (κ2) is 3.92. The molecule has 16 heavy (non-hydrogen) atoms. The van der Waals surface area contributed by atoms with Gasteiger partial charge in [-0.3, -0.25) is 0 Å². The lowest BCUT2D eigenvalue weighted by Crippen LogP contribution is -2.02. The van der Waals surface area contributed by atoms with E-state index < -0.39 is 0 Å². The first-order valence-corrected chi connectivity index (χ1v) is 5.19. The number of hydrogen-bond acceptors (Lipinski definition) is 4. The van der Waals surface area contributed by atoms with Gasteiger partial charge in [0, 0.05) is 11.7 Å². The molecule has 0 radical (unpaired) electrons. The van der Waals surface area contributed by atoms with Crippen molar-refractivity contribution in [2.45, 2.75) is 26.8 Å². The lowest BCUT2D eigenvalue weighted by molar-refractivity contribution is 0.612. The molecule has 0 fully saturated rings. The number of allylic oxidation sites excluding steroid dienone is 1. The molecule has 0 unspecified atom stereocenters. The quantitative estimate of drug-likeness (QED) is 0.857. The molecule has 0 spiro atoms. The minimum Gasteiger partial charge on any atom is -0.343 e. The van der Waals surface area contributed by atoms with Gasteiger partial charge in [0.25, 0.3) is 0 Å². The fraction of sp³-hybridized carbons (Fsp3) is 0.364. The van der Waals surface area contributed by atoms with Crippen molar-refractivity contribution < 1.29 is 0 Å². The van der Waals surface area contributed by atoms with Crippen molar-refractivity contribution in [2.24, 2.45) is 0 Å². The fourth-order valence-corrected chi connectivity index (χ4v) is 1.52. The van der Waals surface area contributed by atoms with E-state index in [9.17, 15) is 0 Å². The summed E-state index contributed by atoms with van der Waals surface area (Å²) < 4.78 is 2.01. The van der Waals surface area contributed by atoms with Crippen molar-refractivity contribution in [1.82, 2.24) is 19.5 Å². The Morgan fingerprint density at radius 1 is 1.38 bits per heavy atom. The Kier molecular flexibility index (Phi) is 2.60. The van der Waals surface area contributed by atoms with Crippen molar-refractivity contribution in [2.75, 3.05) is 5.32 Å². The van der Waals surface area contributed by atoms with E-state index in [2.05, 4.69) is 40.7 Å². The largest absolute Gasteiger partial charge is 0.343 e. The molecule has 0 saturated carbocycles. The molecule has 0 saturated heterocycles. The maximum atomic E-state index is 4.33. The summed E-state index contributed by atoms with van der Waals surface area (Å²) in [5, 5.41) is 3.08. The van der Waals surface area contributed by atoms with Gasteiger partial charge in [-0.15, -0.1) is 0 Å². The Hall–Kier alpha value is -1.91. The van der Waals surface area contributed by atoms with E-state index >= 15 is 0 Å². The first-order valence-electron chi connectivity index (χ1n) is 5.19. The SMILES string of the molecule is C=C(C)Nc1ncnc2c1ncn2C(C)C. The molecule has 0 aromatic carbocycles. The van der Waals surface area contributed by atoms with Gasteiger partial charge in [-0.1, -0.05) is 6.58 Å². The van der Waals surface area contributed by atoms with E-state index in [4.69, 9.17) is 0 Å². The maximum Gasteiger partial charge on any atom is 0.165 e. The Morgan fingerprint density at radius 2 is 2.12 bits per heavy atom. The monoisotopic (exact) mass is 217 g/mol. The minimum absolute atomic E-state index is 0.331. The topological polar surface area (TPSA) is 55.6 Å². The zero-order chi connectivity index (χ0) is 11.7. The Morgan fingerprint density at radius 3 is 2.75 bits per heavy atom. The van der Waals surface area contributed by atoms with Gasteiger partial charge < -0.3 is 9.88 Å². The third-order valence-corrected chi connectivity index (χ3v) is 2.25. The number of rotatable bonds is 3. The predicted molar refractivity (Wildman–Crippen MR) is 64.1 cm³/mol. The van der Waals surface area contributed by atoms with Crippen LogP contribution in [0.4, 0.5) is 5.82 Å². The highest BCUT2D eigenvalue weighted by molar-refractivity contribution is 5.83. The normalized spacial score (nSPS) is 11.0. The summed E-state index contributed by atoms with van der Waals surface area (Å²) in [4.78, 5) is 12.7. The van der Waals surface area contributed by atoms with E-state index in [1.54, 1.807) is 6.33 Å². The summed E-state index contributed by atoms with van der Waals surface area (Å²) in [6.07, 6.45) is 3.32. The number of anilines is 1. The van der Waals surface area contributed by atoms with Crippen LogP contribution in [0.15, 0.2) is 24.9 Å². The van der Waals surface area contributed by atoms with Crippen LogP contribution in [0.5, 0.6) is 0 Å². The second-order valence-corrected chi connectivity index (χ2v) is 4.05. The average molecular weight is 217 g/mol. The lowest BCUT2D eigenvalue weighted by Gasteiger charge is -2.07. The van der Waals surface area contributed by atoms with Crippen LogP contribution in [0.25, 0.3) is 11.2 Å². The molecule has 2 rings (SSSR count). The Bertz CT molecular complexity index is 526. The summed E-state index contributed by atoms with van der Waals surface area (Å²) >= 11 is 0. The van der Waals surface area contributed by atoms with E-state index in [0.717, 1.165) is 16.9 Å². The van der Waals surface area contributed by atoms with E-state index in [1.165, 1.54) is 6.33 Å². The number of nitrogens with zero attached hydrogens (tertiary/aromatic N) is 4. The highest BCUT2D eigenvalue weighted by Gasteiger charge is 2.11. The molecule has 84 valence electrons. The fourth-order valence-electron chi connectivity index (χ4n) is 1.52. The van der Waals surface area contributed by atoms with Gasteiger partial charge in [-0.25, -0.2) is 15.0 Å². The highest BCUT2D eigenvalue weighted by Crippen LogP contribution is 2.20. The van der Waals surface area contributed by atoms with Gasteiger partial charge in [-0.05, 0) is 20.8 Å². The molecular weight excluding hydrogens is 202 g/mol. The number of aromatic nitrogens is 4. The van der Waals surface area contributed by atoms with Crippen LogP contribution in [-0.4, -0.2) is 19.5 Å². The van der Waals surface area contributed by atoms with Gasteiger partial charge in [0.2, 0.25) is 0 Å². The summed E-state index contributed by atoms with van der Waals surface area (Å²) in [7, 11) is 0. The third kappa shape index (κ3) is 1.76. The summed E-state index contributed by atoms with van der Waals surface area (Å²) in [5.41, 5.74) is 2.45. The first kappa shape index (κ1) is 10.6. The summed E-state index contributed by atoms with van der Waals surface area (Å²) in [6, 6.07) is 0.331. The van der Waals surface area contributed by atoms with Crippen molar-refractivity contribution >= 4 is 17.0 Å². The minimum atomic E-state index is 0.331. The van der Waals surface area contributed by atoms with Crippen molar-refractivity contribution in [3.05, 3.63) is 24.9 Å². The van der Waals surface area contributed by atoms with Crippen molar-refractivity contribution in [3.8, 4) is 0 Å². The maximum absolute atomic E-state index is 4.33. The van der Waals surface area contributed by atoms with Crippen molar-refractivity contribution in [3.63, 3.8) is 0 Å². The van der Waals surface area contributed by atoms with Crippen LogP contribution in [-0.2, 0) is 0 Å². The number of imidazole rings is 1. The molecule has 1 N–H and O–H groups in total. The second-order valence-electron chi connectivity index (χ2n) is 4.05. The number of hydrogen-bond donors (Lipinski definition) is 1. The molecule has 2 heterocycles. The highest BCUT2D eigenvalue weighted by atomic mass is 15.2. The molecule has 0 atom stereocenters. The molecule has 0 aliphatic heterocycles. The zero-order valence-corrected chi connectivity index (χ0v) is 9.73. The first-order chi connectivity index (χ1) is 7.59. The number of fused-ring (bicyclic) bond motifs is 1. The van der Waals surface area contributed by atoms with Gasteiger partial charge in [-0.2, -0.15) is 0 Å². The van der Waals surface area contributed by atoms with Crippen LogP contribution < -0.4 is 5.32 Å². The molecular formula is C11H15N5. The molecule has 0 amide bonds. The van der Waals surface area contributed by atoms with Gasteiger partial charge in [0.15, 0.2) is 17.0 Å². The Balaban J connectivity index is 2.57. The van der Waals surface area contributed by atoms with E-state index in [0.29, 0.717) is 11.9 Å². The molecule has 0 bridgehead atoms. The average Bonchev–Trinajstić information content (AvgIpc) is 2.61. The van der Waals surface area contributed by atoms with Crippen molar-refractivity contribution in [1.29, 1.82) is 0 Å². The van der Waals surface area contributed by atoms with Gasteiger partial charge in [0.1, 0.15) is 6.33 Å².